The summed E-state index contributed by atoms with van der Waals surface area (Å²) in [6, 6.07) is 5.13. The summed E-state index contributed by atoms with van der Waals surface area (Å²) in [4.78, 5) is 13.9. The molecule has 1 aromatic carbocycles. The van der Waals surface area contributed by atoms with Gasteiger partial charge in [-0.2, -0.15) is 5.10 Å². The molecule has 0 aliphatic heterocycles. The van der Waals surface area contributed by atoms with Gasteiger partial charge in [-0.15, -0.1) is 0 Å². The summed E-state index contributed by atoms with van der Waals surface area (Å²) in [6.45, 7) is 1.36. The number of nitrogens with one attached hydrogen (secondary N) is 1. The first-order valence-electron chi connectivity index (χ1n) is 6.43. The first kappa shape index (κ1) is 15.8. The summed E-state index contributed by atoms with van der Waals surface area (Å²) < 4.78 is 1.57. The zero-order chi connectivity index (χ0) is 15.4. The molecule has 2 rings (SSSR count). The molecule has 7 heteroatoms. The average Bonchev–Trinajstić information content (AvgIpc) is 2.93. The van der Waals surface area contributed by atoms with Crippen molar-refractivity contribution in [1.29, 1.82) is 0 Å². The molecule has 5 nitrogen and oxygen atoms in total. The number of rotatable bonds is 5. The molecule has 1 amide bonds. The zero-order valence-corrected chi connectivity index (χ0v) is 13.3. The van der Waals surface area contributed by atoms with Crippen LogP contribution in [-0.4, -0.2) is 47.8 Å². The van der Waals surface area contributed by atoms with Gasteiger partial charge < -0.3 is 10.2 Å². The number of benzene rings is 1. The topological polar surface area (TPSA) is 50.2 Å². The third-order valence-corrected chi connectivity index (χ3v) is 3.57. The van der Waals surface area contributed by atoms with Crippen LogP contribution < -0.4 is 5.32 Å². The van der Waals surface area contributed by atoms with Crippen molar-refractivity contribution >= 4 is 29.1 Å². The molecule has 0 radical (unpaired) electrons. The summed E-state index contributed by atoms with van der Waals surface area (Å²) in [5.74, 6) is -0.0819. The third kappa shape index (κ3) is 3.75. The molecule has 1 aromatic heterocycles. The van der Waals surface area contributed by atoms with Gasteiger partial charge in [-0.25, -0.2) is 4.68 Å². The van der Waals surface area contributed by atoms with E-state index in [0.29, 0.717) is 27.8 Å². The van der Waals surface area contributed by atoms with Gasteiger partial charge >= 0.3 is 0 Å². The standard InChI is InChI=1S/C14H16Cl2N4O/c1-17-5-6-19(2)14(21)10-8-18-20(9-10)13-4-3-11(15)7-12(13)16/h3-4,7-9,17H,5-6H2,1-2H3. The quantitative estimate of drug-likeness (QED) is 0.918. The zero-order valence-electron chi connectivity index (χ0n) is 11.8. The Morgan fingerprint density at radius 1 is 1.43 bits per heavy atom. The summed E-state index contributed by atoms with van der Waals surface area (Å²) in [5.41, 5.74) is 1.19. The Hall–Kier alpha value is -1.56. The highest BCUT2D eigenvalue weighted by Crippen LogP contribution is 2.24. The van der Waals surface area contributed by atoms with Crippen molar-refractivity contribution in [3.8, 4) is 5.69 Å². The smallest absolute Gasteiger partial charge is 0.256 e. The second kappa shape index (κ2) is 6.93. The number of nitrogens with zero attached hydrogens (tertiary/aromatic N) is 3. The van der Waals surface area contributed by atoms with Crippen LogP contribution in [0.5, 0.6) is 0 Å². The van der Waals surface area contributed by atoms with Gasteiger partial charge in [0.25, 0.3) is 5.91 Å². The fourth-order valence-electron chi connectivity index (χ4n) is 1.83. The molecule has 112 valence electrons. The van der Waals surface area contributed by atoms with Gasteiger partial charge in [0.1, 0.15) is 0 Å². The molecular weight excluding hydrogens is 311 g/mol. The SMILES string of the molecule is CNCCN(C)C(=O)c1cnn(-c2ccc(Cl)cc2Cl)c1. The molecule has 1 heterocycles. The van der Waals surface area contributed by atoms with Crippen LogP contribution in [0.25, 0.3) is 5.69 Å². The van der Waals surface area contributed by atoms with E-state index in [4.69, 9.17) is 23.2 Å². The van der Waals surface area contributed by atoms with Crippen molar-refractivity contribution in [3.63, 3.8) is 0 Å². The normalized spacial score (nSPS) is 10.7. The molecule has 2 aromatic rings. The van der Waals surface area contributed by atoms with Gasteiger partial charge in [0, 0.05) is 31.4 Å². The highest BCUT2D eigenvalue weighted by molar-refractivity contribution is 6.35. The minimum Gasteiger partial charge on any atom is -0.340 e. The molecule has 0 saturated heterocycles. The first-order valence-corrected chi connectivity index (χ1v) is 7.18. The maximum absolute atomic E-state index is 12.2. The van der Waals surface area contributed by atoms with Gasteiger partial charge in [-0.1, -0.05) is 23.2 Å². The van der Waals surface area contributed by atoms with E-state index < -0.39 is 0 Å². The van der Waals surface area contributed by atoms with E-state index in [-0.39, 0.29) is 5.91 Å². The Morgan fingerprint density at radius 3 is 2.86 bits per heavy atom. The molecule has 1 N–H and O–H groups in total. The predicted octanol–water partition coefficient (Wildman–Crippen LogP) is 2.47. The molecule has 0 fully saturated rings. The van der Waals surface area contributed by atoms with Crippen LogP contribution in [-0.2, 0) is 0 Å². The van der Waals surface area contributed by atoms with E-state index in [1.54, 1.807) is 41.0 Å². The van der Waals surface area contributed by atoms with Crippen molar-refractivity contribution in [1.82, 2.24) is 20.0 Å². The maximum atomic E-state index is 12.2. The fourth-order valence-corrected chi connectivity index (χ4v) is 2.33. The van der Waals surface area contributed by atoms with Gasteiger partial charge in [0.2, 0.25) is 0 Å². The number of halogens is 2. The van der Waals surface area contributed by atoms with Crippen LogP contribution >= 0.6 is 23.2 Å². The third-order valence-electron chi connectivity index (χ3n) is 3.03. The van der Waals surface area contributed by atoms with Gasteiger partial charge in [-0.05, 0) is 25.2 Å². The Morgan fingerprint density at radius 2 is 2.19 bits per heavy atom. The van der Waals surface area contributed by atoms with Gasteiger partial charge in [0.05, 0.1) is 22.5 Å². The van der Waals surface area contributed by atoms with Crippen molar-refractivity contribution in [2.24, 2.45) is 0 Å². The largest absolute Gasteiger partial charge is 0.340 e. The second-order valence-corrected chi connectivity index (χ2v) is 5.44. The summed E-state index contributed by atoms with van der Waals surface area (Å²) in [7, 11) is 3.60. The molecule has 0 atom stereocenters. The van der Waals surface area contributed by atoms with Crippen LogP contribution in [0.2, 0.25) is 10.0 Å². The minimum absolute atomic E-state index is 0.0819. The van der Waals surface area contributed by atoms with E-state index >= 15 is 0 Å². The molecule has 0 saturated carbocycles. The van der Waals surface area contributed by atoms with Crippen molar-refractivity contribution < 1.29 is 4.79 Å². The fraction of sp³-hybridized carbons (Fsp3) is 0.286. The predicted molar refractivity (Wildman–Crippen MR) is 84.5 cm³/mol. The molecule has 0 aliphatic carbocycles. The van der Waals surface area contributed by atoms with Crippen LogP contribution in [0.4, 0.5) is 0 Å². The maximum Gasteiger partial charge on any atom is 0.256 e. The lowest BCUT2D eigenvalue weighted by molar-refractivity contribution is 0.0797. The molecule has 0 unspecified atom stereocenters. The molecule has 0 bridgehead atoms. The van der Waals surface area contributed by atoms with E-state index in [1.165, 1.54) is 6.20 Å². The van der Waals surface area contributed by atoms with Crippen molar-refractivity contribution in [2.45, 2.75) is 0 Å². The highest BCUT2D eigenvalue weighted by atomic mass is 35.5. The minimum atomic E-state index is -0.0819. The lowest BCUT2D eigenvalue weighted by Crippen LogP contribution is -2.32. The number of carbonyl (C=O) groups is 1. The average molecular weight is 327 g/mol. The number of amides is 1. The summed E-state index contributed by atoms with van der Waals surface area (Å²) in [5, 5.41) is 8.23. The number of hydrogen-bond donors (Lipinski definition) is 1. The first-order chi connectivity index (χ1) is 10.0. The van der Waals surface area contributed by atoms with Gasteiger partial charge in [0.15, 0.2) is 0 Å². The number of aromatic nitrogens is 2. The lowest BCUT2D eigenvalue weighted by Gasteiger charge is -2.15. The van der Waals surface area contributed by atoms with E-state index in [2.05, 4.69) is 10.4 Å². The van der Waals surface area contributed by atoms with Crippen molar-refractivity contribution in [2.75, 3.05) is 27.2 Å². The number of hydrogen-bond acceptors (Lipinski definition) is 3. The lowest BCUT2D eigenvalue weighted by atomic mass is 10.3. The van der Waals surface area contributed by atoms with E-state index in [0.717, 1.165) is 6.54 Å². The summed E-state index contributed by atoms with van der Waals surface area (Å²) >= 11 is 12.0. The van der Waals surface area contributed by atoms with E-state index in [1.807, 2.05) is 7.05 Å². The molecule has 0 aliphatic rings. The van der Waals surface area contributed by atoms with E-state index in [9.17, 15) is 4.79 Å². The molecule has 21 heavy (non-hydrogen) atoms. The number of likely N-dealkylation sites (N-methyl/N-ethyl adjacent to an activating group) is 2. The Bertz CT molecular complexity index is 642. The molecule has 0 spiro atoms. The Kier molecular flexibility index (Phi) is 5.22. The van der Waals surface area contributed by atoms with Gasteiger partial charge in [-0.3, -0.25) is 4.79 Å². The van der Waals surface area contributed by atoms with Crippen molar-refractivity contribution in [3.05, 3.63) is 46.2 Å². The monoisotopic (exact) mass is 326 g/mol. The van der Waals surface area contributed by atoms with Crippen LogP contribution in [0.1, 0.15) is 10.4 Å². The Balaban J connectivity index is 2.19. The number of carbonyl (C=O) groups excluding carboxylic acids is 1. The van der Waals surface area contributed by atoms with Crippen LogP contribution in [0, 0.1) is 0 Å². The van der Waals surface area contributed by atoms with Crippen LogP contribution in [0.3, 0.4) is 0 Å². The summed E-state index contributed by atoms with van der Waals surface area (Å²) in [6.07, 6.45) is 3.19. The second-order valence-electron chi connectivity index (χ2n) is 4.60. The Labute approximate surface area is 133 Å². The van der Waals surface area contributed by atoms with Crippen LogP contribution in [0.15, 0.2) is 30.6 Å². The molecular formula is C14H16Cl2N4O. The highest BCUT2D eigenvalue weighted by Gasteiger charge is 2.14.